The molecule has 0 saturated heterocycles. The first-order valence-electron chi connectivity index (χ1n) is 4.38. The molecule has 1 aromatic rings. The van der Waals surface area contributed by atoms with Crippen molar-refractivity contribution in [2.45, 2.75) is 12.5 Å². The van der Waals surface area contributed by atoms with E-state index in [1.807, 2.05) is 31.6 Å². The fourth-order valence-electron chi connectivity index (χ4n) is 1.09. The quantitative estimate of drug-likeness (QED) is 0.581. The number of rotatable bonds is 4. The summed E-state index contributed by atoms with van der Waals surface area (Å²) in [4.78, 5) is 1.05. The average Bonchev–Trinajstić information content (AvgIpc) is 2.50. The Bertz CT molecular complexity index is 238. The highest BCUT2D eigenvalue weighted by Gasteiger charge is 2.11. The van der Waals surface area contributed by atoms with Crippen LogP contribution in [0.4, 0.5) is 0 Å². The van der Waals surface area contributed by atoms with Crippen LogP contribution in [0.1, 0.15) is 17.4 Å². The summed E-state index contributed by atoms with van der Waals surface area (Å²) in [5, 5.41) is 11.7. The van der Waals surface area contributed by atoms with E-state index in [-0.39, 0.29) is 6.10 Å². The maximum atomic E-state index is 9.75. The Balaban J connectivity index is 2.39. The molecule has 0 bridgehead atoms. The first-order chi connectivity index (χ1) is 5.99. The molecular formula is C10H17NOS. The van der Waals surface area contributed by atoms with E-state index in [2.05, 4.69) is 7.05 Å². The van der Waals surface area contributed by atoms with E-state index in [4.69, 9.17) is 0 Å². The van der Waals surface area contributed by atoms with Gasteiger partial charge in [-0.25, -0.2) is 0 Å². The summed E-state index contributed by atoms with van der Waals surface area (Å²) in [5.74, 6) is 0. The first kappa shape index (κ1) is 10.7. The van der Waals surface area contributed by atoms with E-state index < -0.39 is 0 Å². The lowest BCUT2D eigenvalue weighted by Gasteiger charge is -2.33. The largest absolute Gasteiger partial charge is 0.462 e. The van der Waals surface area contributed by atoms with Crippen LogP contribution >= 0.6 is 11.3 Å². The van der Waals surface area contributed by atoms with Gasteiger partial charge < -0.3 is 9.59 Å². The van der Waals surface area contributed by atoms with Crippen molar-refractivity contribution < 1.29 is 9.59 Å². The molecule has 1 N–H and O–H groups in total. The molecule has 13 heavy (non-hydrogen) atoms. The van der Waals surface area contributed by atoms with Crippen LogP contribution in [-0.2, 0) is 0 Å². The molecule has 0 amide bonds. The van der Waals surface area contributed by atoms with Crippen LogP contribution in [0.5, 0.6) is 0 Å². The normalized spacial score (nSPS) is 14.5. The highest BCUT2D eigenvalue weighted by Crippen LogP contribution is 2.22. The fraction of sp³-hybridized carbons (Fsp3) is 0.500. The number of hydrogen-bond donors (Lipinski definition) is 1. The van der Waals surface area contributed by atoms with Gasteiger partial charge in [0, 0.05) is 25.4 Å². The predicted molar refractivity (Wildman–Crippen MR) is 56.2 cm³/mol. The van der Waals surface area contributed by atoms with E-state index in [0.29, 0.717) is 4.48 Å². The number of quaternary nitrogens is 1. The van der Waals surface area contributed by atoms with Crippen LogP contribution in [-0.4, -0.2) is 30.2 Å². The molecule has 1 atom stereocenters. The van der Waals surface area contributed by atoms with Crippen molar-refractivity contribution in [1.29, 1.82) is 0 Å². The SMILES string of the molecule is [CH2-][N+](C)(C)CC[C@@H](O)c1cccs1. The molecule has 1 heterocycles. The topological polar surface area (TPSA) is 20.2 Å². The lowest BCUT2D eigenvalue weighted by atomic mass is 10.2. The van der Waals surface area contributed by atoms with Crippen molar-refractivity contribution in [1.82, 2.24) is 0 Å². The smallest absolute Gasteiger partial charge is 0.0934 e. The summed E-state index contributed by atoms with van der Waals surface area (Å²) in [6.07, 6.45) is 0.455. The zero-order valence-corrected chi connectivity index (χ0v) is 9.05. The monoisotopic (exact) mass is 199 g/mol. The van der Waals surface area contributed by atoms with Gasteiger partial charge in [-0.3, -0.25) is 0 Å². The van der Waals surface area contributed by atoms with Crippen LogP contribution in [0.2, 0.25) is 0 Å². The van der Waals surface area contributed by atoms with E-state index in [1.54, 1.807) is 11.3 Å². The third kappa shape index (κ3) is 3.89. The summed E-state index contributed by atoms with van der Waals surface area (Å²) in [5.41, 5.74) is 0. The lowest BCUT2D eigenvalue weighted by Crippen LogP contribution is -2.33. The highest BCUT2D eigenvalue weighted by atomic mass is 32.1. The third-order valence-electron chi connectivity index (χ3n) is 1.88. The molecule has 2 nitrogen and oxygen atoms in total. The van der Waals surface area contributed by atoms with Gasteiger partial charge in [-0.1, -0.05) is 6.07 Å². The molecule has 3 heteroatoms. The molecule has 0 saturated carbocycles. The lowest BCUT2D eigenvalue weighted by molar-refractivity contribution is -0.846. The fourth-order valence-corrected chi connectivity index (χ4v) is 1.84. The van der Waals surface area contributed by atoms with Crippen LogP contribution in [0, 0.1) is 7.05 Å². The summed E-state index contributed by atoms with van der Waals surface area (Å²) in [6, 6.07) is 3.94. The molecular weight excluding hydrogens is 182 g/mol. The zero-order valence-electron chi connectivity index (χ0n) is 8.23. The van der Waals surface area contributed by atoms with E-state index in [1.165, 1.54) is 0 Å². The number of aliphatic hydroxyl groups excluding tert-OH is 1. The van der Waals surface area contributed by atoms with Gasteiger partial charge in [0.15, 0.2) is 0 Å². The number of hydrogen-bond acceptors (Lipinski definition) is 2. The minimum absolute atomic E-state index is 0.320. The van der Waals surface area contributed by atoms with Crippen molar-refractivity contribution in [2.75, 3.05) is 20.6 Å². The Hall–Kier alpha value is -0.380. The Morgan fingerprint density at radius 3 is 2.77 bits per heavy atom. The van der Waals surface area contributed by atoms with Crippen LogP contribution in [0.3, 0.4) is 0 Å². The predicted octanol–water partition coefficient (Wildman–Crippen LogP) is 2.04. The van der Waals surface area contributed by atoms with Gasteiger partial charge in [0.1, 0.15) is 0 Å². The van der Waals surface area contributed by atoms with E-state index in [9.17, 15) is 5.11 Å². The molecule has 0 aliphatic carbocycles. The van der Waals surface area contributed by atoms with Crippen LogP contribution < -0.4 is 0 Å². The minimum atomic E-state index is -0.320. The van der Waals surface area contributed by atoms with E-state index >= 15 is 0 Å². The first-order valence-corrected chi connectivity index (χ1v) is 5.26. The van der Waals surface area contributed by atoms with Gasteiger partial charge >= 0.3 is 0 Å². The number of aliphatic hydroxyl groups is 1. The molecule has 0 unspecified atom stereocenters. The van der Waals surface area contributed by atoms with Crippen molar-refractivity contribution in [2.24, 2.45) is 0 Å². The number of nitrogens with zero attached hydrogens (tertiary/aromatic N) is 1. The number of thiophene rings is 1. The Kier molecular flexibility index (Phi) is 3.47. The molecule has 0 aliphatic heterocycles. The molecule has 74 valence electrons. The molecule has 1 aromatic heterocycles. The van der Waals surface area contributed by atoms with Crippen molar-refractivity contribution in [3.63, 3.8) is 0 Å². The summed E-state index contributed by atoms with van der Waals surface area (Å²) in [6.45, 7) is 0.888. The molecule has 0 fully saturated rings. The van der Waals surface area contributed by atoms with Crippen molar-refractivity contribution in [3.8, 4) is 0 Å². The van der Waals surface area contributed by atoms with Gasteiger partial charge in [0.2, 0.25) is 0 Å². The second-order valence-electron chi connectivity index (χ2n) is 3.98. The Labute approximate surface area is 84.0 Å². The molecule has 0 spiro atoms. The molecule has 0 aromatic carbocycles. The van der Waals surface area contributed by atoms with Gasteiger partial charge in [0.05, 0.1) is 12.6 Å². The molecule has 1 rings (SSSR count). The second kappa shape index (κ2) is 4.22. The minimum Gasteiger partial charge on any atom is -0.462 e. The molecule has 0 radical (unpaired) electrons. The maximum Gasteiger partial charge on any atom is 0.0934 e. The van der Waals surface area contributed by atoms with Crippen LogP contribution in [0.15, 0.2) is 17.5 Å². The summed E-state index contributed by atoms with van der Waals surface area (Å²) >= 11 is 1.60. The zero-order chi connectivity index (χ0) is 9.90. The maximum absolute atomic E-state index is 9.75. The summed E-state index contributed by atoms with van der Waals surface area (Å²) < 4.78 is 0.655. The van der Waals surface area contributed by atoms with Crippen molar-refractivity contribution >= 4 is 11.3 Å². The van der Waals surface area contributed by atoms with Crippen molar-refractivity contribution in [3.05, 3.63) is 29.4 Å². The summed E-state index contributed by atoms with van der Waals surface area (Å²) in [7, 11) is 8.01. The van der Waals surface area contributed by atoms with Gasteiger partial charge in [-0.15, -0.1) is 18.4 Å². The standard InChI is InChI=1S/C10H17NOS/c1-11(2,3)7-6-9(12)10-5-4-8-13-10/h4-5,8-9,12H,1,6-7H2,2-3H3/t9-/m1/s1. The van der Waals surface area contributed by atoms with Gasteiger partial charge in [0.25, 0.3) is 0 Å². The molecule has 0 aliphatic rings. The highest BCUT2D eigenvalue weighted by molar-refractivity contribution is 7.10. The Morgan fingerprint density at radius 2 is 2.31 bits per heavy atom. The van der Waals surface area contributed by atoms with Gasteiger partial charge in [-0.2, -0.15) is 0 Å². The third-order valence-corrected chi connectivity index (χ3v) is 2.85. The second-order valence-corrected chi connectivity index (χ2v) is 4.96. The van der Waals surface area contributed by atoms with Gasteiger partial charge in [-0.05, 0) is 11.4 Å². The Morgan fingerprint density at radius 1 is 1.62 bits per heavy atom. The van der Waals surface area contributed by atoms with E-state index in [0.717, 1.165) is 17.8 Å². The average molecular weight is 199 g/mol. The van der Waals surface area contributed by atoms with Crippen LogP contribution in [0.25, 0.3) is 0 Å².